The van der Waals surface area contributed by atoms with E-state index >= 15 is 0 Å². The topological polar surface area (TPSA) is 83.6 Å². The molecule has 1 aliphatic heterocycles. The number of anilines is 1. The van der Waals surface area contributed by atoms with Gasteiger partial charge in [-0.3, -0.25) is 4.79 Å². The number of carbonyl (C=O) groups is 2. The summed E-state index contributed by atoms with van der Waals surface area (Å²) in [5.74, 6) is -1.72. The van der Waals surface area contributed by atoms with Crippen LogP contribution >= 0.6 is 0 Å². The van der Waals surface area contributed by atoms with Crippen molar-refractivity contribution < 1.29 is 19.1 Å². The Kier molecular flexibility index (Phi) is 4.22. The first kappa shape index (κ1) is 14.3. The van der Waals surface area contributed by atoms with Crippen LogP contribution in [0.2, 0.25) is 0 Å². The third-order valence-electron chi connectivity index (χ3n) is 3.64. The summed E-state index contributed by atoms with van der Waals surface area (Å²) in [4.78, 5) is 23.5. The van der Waals surface area contributed by atoms with E-state index in [1.54, 1.807) is 0 Å². The maximum absolute atomic E-state index is 13.9. The van der Waals surface area contributed by atoms with Gasteiger partial charge in [0.2, 0.25) is 5.91 Å². The highest BCUT2D eigenvalue weighted by atomic mass is 19.1. The van der Waals surface area contributed by atoms with Gasteiger partial charge in [0.25, 0.3) is 0 Å². The van der Waals surface area contributed by atoms with Gasteiger partial charge in [0.1, 0.15) is 5.82 Å². The minimum Gasteiger partial charge on any atom is -0.478 e. The third-order valence-corrected chi connectivity index (χ3v) is 3.64. The second kappa shape index (κ2) is 5.90. The minimum atomic E-state index is -1.14. The van der Waals surface area contributed by atoms with E-state index in [2.05, 4.69) is 0 Å². The fourth-order valence-corrected chi connectivity index (χ4v) is 2.56. The van der Waals surface area contributed by atoms with Crippen LogP contribution in [0.4, 0.5) is 10.1 Å². The molecular weight excluding hydrogens is 263 g/mol. The van der Waals surface area contributed by atoms with Crippen LogP contribution in [0.5, 0.6) is 0 Å². The first-order valence-electron chi connectivity index (χ1n) is 6.53. The summed E-state index contributed by atoms with van der Waals surface area (Å²) in [6, 6.07) is 3.93. The fourth-order valence-electron chi connectivity index (χ4n) is 2.56. The van der Waals surface area contributed by atoms with Crippen LogP contribution < -0.4 is 10.6 Å². The van der Waals surface area contributed by atoms with Gasteiger partial charge in [-0.2, -0.15) is 0 Å². The molecule has 2 rings (SSSR count). The zero-order valence-corrected chi connectivity index (χ0v) is 11.0. The van der Waals surface area contributed by atoms with E-state index in [0.717, 1.165) is 18.9 Å². The summed E-state index contributed by atoms with van der Waals surface area (Å²) in [6.07, 6.45) is 1.93. The number of amides is 1. The maximum atomic E-state index is 13.9. The minimum absolute atomic E-state index is 0.0603. The van der Waals surface area contributed by atoms with Crippen molar-refractivity contribution in [3.63, 3.8) is 0 Å². The van der Waals surface area contributed by atoms with E-state index in [1.165, 1.54) is 12.1 Å². The number of carboxylic acids is 1. The number of aromatic carboxylic acids is 1. The SMILES string of the molecule is NC(=O)CC1CCN(c2ccc(C(=O)O)cc2F)CC1. The molecule has 1 fully saturated rings. The summed E-state index contributed by atoms with van der Waals surface area (Å²) >= 11 is 0. The average Bonchev–Trinajstić information content (AvgIpc) is 2.39. The Bertz CT molecular complexity index is 525. The van der Waals surface area contributed by atoms with Gasteiger partial charge in [0.05, 0.1) is 11.3 Å². The van der Waals surface area contributed by atoms with Crippen LogP contribution in [0.3, 0.4) is 0 Å². The summed E-state index contributed by atoms with van der Waals surface area (Å²) in [6.45, 7) is 1.28. The highest BCUT2D eigenvalue weighted by Gasteiger charge is 2.22. The molecule has 0 aliphatic carbocycles. The lowest BCUT2D eigenvalue weighted by Crippen LogP contribution is -2.35. The zero-order chi connectivity index (χ0) is 14.7. The van der Waals surface area contributed by atoms with Gasteiger partial charge in [-0.1, -0.05) is 0 Å². The number of primary amides is 1. The Morgan fingerprint density at radius 3 is 2.50 bits per heavy atom. The lowest BCUT2D eigenvalue weighted by molar-refractivity contribution is -0.119. The molecule has 108 valence electrons. The van der Waals surface area contributed by atoms with E-state index in [4.69, 9.17) is 10.8 Å². The highest BCUT2D eigenvalue weighted by molar-refractivity contribution is 5.88. The largest absolute Gasteiger partial charge is 0.478 e. The number of halogens is 1. The summed E-state index contributed by atoms with van der Waals surface area (Å²) < 4.78 is 13.9. The van der Waals surface area contributed by atoms with Crippen molar-refractivity contribution in [2.75, 3.05) is 18.0 Å². The molecular formula is C14H17FN2O3. The summed E-state index contributed by atoms with van der Waals surface area (Å²) in [7, 11) is 0. The van der Waals surface area contributed by atoms with Gasteiger partial charge in [0.15, 0.2) is 0 Å². The molecule has 0 radical (unpaired) electrons. The molecule has 1 aromatic carbocycles. The van der Waals surface area contributed by atoms with Crippen molar-refractivity contribution in [2.45, 2.75) is 19.3 Å². The number of rotatable bonds is 4. The number of hydrogen-bond acceptors (Lipinski definition) is 3. The van der Waals surface area contributed by atoms with Crippen LogP contribution in [-0.2, 0) is 4.79 Å². The highest BCUT2D eigenvalue weighted by Crippen LogP contribution is 2.27. The molecule has 5 nitrogen and oxygen atoms in total. The molecule has 1 saturated heterocycles. The van der Waals surface area contributed by atoms with Crippen LogP contribution in [0.25, 0.3) is 0 Å². The smallest absolute Gasteiger partial charge is 0.335 e. The van der Waals surface area contributed by atoms with Gasteiger partial charge in [-0.15, -0.1) is 0 Å². The van der Waals surface area contributed by atoms with Crippen molar-refractivity contribution in [1.29, 1.82) is 0 Å². The summed E-state index contributed by atoms with van der Waals surface area (Å²) in [5, 5.41) is 8.81. The number of hydrogen-bond donors (Lipinski definition) is 2. The molecule has 0 saturated carbocycles. The molecule has 1 aliphatic rings. The van der Waals surface area contributed by atoms with Gasteiger partial charge in [0, 0.05) is 19.5 Å². The number of piperidine rings is 1. The van der Waals surface area contributed by atoms with Crippen LogP contribution in [0.1, 0.15) is 29.6 Å². The van der Waals surface area contributed by atoms with Gasteiger partial charge in [-0.05, 0) is 37.0 Å². The van der Waals surface area contributed by atoms with Crippen molar-refractivity contribution in [3.05, 3.63) is 29.6 Å². The number of carbonyl (C=O) groups excluding carboxylic acids is 1. The monoisotopic (exact) mass is 280 g/mol. The van der Waals surface area contributed by atoms with Crippen LogP contribution in [0.15, 0.2) is 18.2 Å². The Balaban J connectivity index is 2.03. The molecule has 0 atom stereocenters. The van der Waals surface area contributed by atoms with Crippen molar-refractivity contribution >= 4 is 17.6 Å². The molecule has 0 unspecified atom stereocenters. The second-order valence-corrected chi connectivity index (χ2v) is 5.07. The quantitative estimate of drug-likeness (QED) is 0.877. The normalized spacial score (nSPS) is 16.1. The van der Waals surface area contributed by atoms with E-state index < -0.39 is 11.8 Å². The van der Waals surface area contributed by atoms with E-state index in [9.17, 15) is 14.0 Å². The van der Waals surface area contributed by atoms with Gasteiger partial charge >= 0.3 is 5.97 Å². The Morgan fingerprint density at radius 2 is 2.00 bits per heavy atom. The molecule has 1 amide bonds. The molecule has 1 aromatic rings. The van der Waals surface area contributed by atoms with E-state index in [-0.39, 0.29) is 17.4 Å². The van der Waals surface area contributed by atoms with E-state index in [0.29, 0.717) is 25.2 Å². The predicted molar refractivity (Wildman–Crippen MR) is 72.1 cm³/mol. The van der Waals surface area contributed by atoms with Crippen LogP contribution in [0, 0.1) is 11.7 Å². The first-order chi connectivity index (χ1) is 9.47. The third kappa shape index (κ3) is 3.26. The average molecular weight is 280 g/mol. The lowest BCUT2D eigenvalue weighted by Gasteiger charge is -2.33. The Labute approximate surface area is 116 Å². The molecule has 20 heavy (non-hydrogen) atoms. The fraction of sp³-hybridized carbons (Fsp3) is 0.429. The molecule has 0 bridgehead atoms. The molecule has 3 N–H and O–H groups in total. The Hall–Kier alpha value is -2.11. The summed E-state index contributed by atoms with van der Waals surface area (Å²) in [5.41, 5.74) is 5.52. The van der Waals surface area contributed by atoms with Gasteiger partial charge in [-0.25, -0.2) is 9.18 Å². The van der Waals surface area contributed by atoms with Gasteiger partial charge < -0.3 is 15.7 Å². The first-order valence-corrected chi connectivity index (χ1v) is 6.53. The lowest BCUT2D eigenvalue weighted by atomic mass is 9.93. The molecule has 0 aromatic heterocycles. The predicted octanol–water partition coefficient (Wildman–Crippen LogP) is 1.62. The second-order valence-electron chi connectivity index (χ2n) is 5.07. The number of nitrogens with two attached hydrogens (primary N) is 1. The van der Waals surface area contributed by atoms with E-state index in [1.807, 2.05) is 4.90 Å². The maximum Gasteiger partial charge on any atom is 0.335 e. The van der Waals surface area contributed by atoms with Crippen LogP contribution in [-0.4, -0.2) is 30.1 Å². The van der Waals surface area contributed by atoms with Crippen molar-refractivity contribution in [3.8, 4) is 0 Å². The zero-order valence-electron chi connectivity index (χ0n) is 11.0. The van der Waals surface area contributed by atoms with Crippen molar-refractivity contribution in [2.24, 2.45) is 11.7 Å². The number of carboxylic acid groups (broad SMARTS) is 1. The molecule has 0 spiro atoms. The Morgan fingerprint density at radius 1 is 1.35 bits per heavy atom. The molecule has 6 heteroatoms. The van der Waals surface area contributed by atoms with Crippen molar-refractivity contribution in [1.82, 2.24) is 0 Å². The molecule has 1 heterocycles. The number of benzene rings is 1. The number of nitrogens with zero attached hydrogens (tertiary/aromatic N) is 1. The standard InChI is InChI=1S/C14H17FN2O3/c15-11-8-10(14(19)20)1-2-12(11)17-5-3-9(4-6-17)7-13(16)18/h1-2,8-9H,3-7H2,(H2,16,18)(H,19,20).